The number of nitrogens with zero attached hydrogens (tertiary/aromatic N) is 1. The molecule has 0 aromatic carbocycles. The predicted octanol–water partition coefficient (Wildman–Crippen LogP) is 4.48. The topological polar surface area (TPSA) is 52.6 Å². The Morgan fingerprint density at radius 1 is 1.22 bits per heavy atom. The molecule has 4 nitrogen and oxygen atoms in total. The van der Waals surface area contributed by atoms with Crippen molar-refractivity contribution in [1.82, 2.24) is 10.2 Å². The van der Waals surface area contributed by atoms with Gasteiger partial charge >= 0.3 is 0 Å². The molecule has 4 aliphatic rings. The first kappa shape index (κ1) is 22.3. The summed E-state index contributed by atoms with van der Waals surface area (Å²) in [5.74, 6) is 1.82. The van der Waals surface area contributed by atoms with Crippen molar-refractivity contribution < 1.29 is 9.90 Å². The van der Waals surface area contributed by atoms with Gasteiger partial charge in [-0.25, -0.2) is 0 Å². The monoisotopic (exact) mass is 378 g/mol. The number of carbonyl (C=O) groups excluding carboxylic acids is 1. The Kier molecular flexibility index (Phi) is 7.05. The van der Waals surface area contributed by atoms with Gasteiger partial charge in [0.05, 0.1) is 5.60 Å². The molecule has 1 atom stereocenters. The van der Waals surface area contributed by atoms with Gasteiger partial charge in [0.1, 0.15) is 0 Å². The van der Waals surface area contributed by atoms with Gasteiger partial charge in [-0.3, -0.25) is 4.79 Å². The van der Waals surface area contributed by atoms with Crippen molar-refractivity contribution in [2.75, 3.05) is 6.54 Å². The van der Waals surface area contributed by atoms with E-state index in [1.165, 1.54) is 25.0 Å². The smallest absolute Gasteiger partial charge is 0.225 e. The highest BCUT2D eigenvalue weighted by molar-refractivity contribution is 5.79. The third kappa shape index (κ3) is 5.07. The second kappa shape index (κ2) is 8.55. The van der Waals surface area contributed by atoms with Gasteiger partial charge in [-0.1, -0.05) is 54.5 Å². The van der Waals surface area contributed by atoms with E-state index < -0.39 is 5.60 Å². The van der Waals surface area contributed by atoms with Crippen molar-refractivity contribution in [2.45, 2.75) is 104 Å². The Balaban J connectivity index is 0.000000194. The fourth-order valence-corrected chi connectivity index (χ4v) is 4.95. The van der Waals surface area contributed by atoms with Crippen LogP contribution in [-0.4, -0.2) is 39.6 Å². The van der Waals surface area contributed by atoms with Gasteiger partial charge in [0, 0.05) is 29.7 Å². The van der Waals surface area contributed by atoms with E-state index in [9.17, 15) is 9.90 Å². The van der Waals surface area contributed by atoms with Crippen LogP contribution in [0.4, 0.5) is 0 Å². The first-order chi connectivity index (χ1) is 12.5. The van der Waals surface area contributed by atoms with Crippen LogP contribution in [0.3, 0.4) is 0 Å². The molecule has 2 N–H and O–H groups in total. The summed E-state index contributed by atoms with van der Waals surface area (Å²) in [4.78, 5) is 13.8. The Bertz CT molecular complexity index is 530. The zero-order chi connectivity index (χ0) is 20.4. The third-order valence-electron chi connectivity index (χ3n) is 6.84. The van der Waals surface area contributed by atoms with Crippen molar-refractivity contribution in [3.05, 3.63) is 12.3 Å². The second-order valence-corrected chi connectivity index (χ2v) is 9.89. The number of fused-ring (bicyclic) bond motifs is 1. The van der Waals surface area contributed by atoms with Crippen LogP contribution in [0, 0.1) is 17.8 Å². The van der Waals surface area contributed by atoms with Gasteiger partial charge in [-0.15, -0.1) is 0 Å². The number of aliphatic hydroxyl groups is 1. The normalized spacial score (nSPS) is 34.9. The number of hydrogen-bond donors (Lipinski definition) is 2. The molecule has 4 fully saturated rings. The van der Waals surface area contributed by atoms with Crippen LogP contribution in [0.1, 0.15) is 86.5 Å². The van der Waals surface area contributed by atoms with Crippen molar-refractivity contribution in [3.63, 3.8) is 0 Å². The number of allylic oxidation sites excluding steroid dienone is 1. The quantitative estimate of drug-likeness (QED) is 0.686. The predicted molar refractivity (Wildman–Crippen MR) is 112 cm³/mol. The minimum atomic E-state index is -0.522. The summed E-state index contributed by atoms with van der Waals surface area (Å²) in [6.07, 6.45) is 7.47. The molecule has 27 heavy (non-hydrogen) atoms. The summed E-state index contributed by atoms with van der Waals surface area (Å²) in [5.41, 5.74) is 1.07. The Labute approximate surface area is 166 Å². The summed E-state index contributed by atoms with van der Waals surface area (Å²) in [7, 11) is 0. The molecular formula is C23H42N2O2. The van der Waals surface area contributed by atoms with E-state index in [0.717, 1.165) is 31.6 Å². The minimum absolute atomic E-state index is 0.128. The largest absolute Gasteiger partial charge is 0.388 e. The molecule has 2 heterocycles. The minimum Gasteiger partial charge on any atom is -0.388 e. The van der Waals surface area contributed by atoms with Crippen LogP contribution < -0.4 is 5.32 Å². The van der Waals surface area contributed by atoms with Gasteiger partial charge < -0.3 is 15.3 Å². The number of nitrogens with one attached hydrogen (secondary N) is 1. The van der Waals surface area contributed by atoms with Crippen molar-refractivity contribution >= 4 is 5.91 Å². The molecule has 0 aromatic heterocycles. The summed E-state index contributed by atoms with van der Waals surface area (Å²) in [6, 6.07) is 0.340. The molecule has 0 aromatic rings. The number of rotatable bonds is 7. The van der Waals surface area contributed by atoms with Crippen LogP contribution in [0.2, 0.25) is 0 Å². The summed E-state index contributed by atoms with van der Waals surface area (Å²) >= 11 is 0. The SMILES string of the molecule is C=C(NC1(CC)CC(C)C1)C(C)C.CCCC(C)C(=O)N1CC2(O)CC1C2. The van der Waals surface area contributed by atoms with Crippen molar-refractivity contribution in [3.8, 4) is 0 Å². The summed E-state index contributed by atoms with van der Waals surface area (Å²) < 4.78 is 0. The van der Waals surface area contributed by atoms with E-state index in [4.69, 9.17) is 0 Å². The lowest BCUT2D eigenvalue weighted by atomic mass is 9.67. The standard InChI is InChI=1S/C12H23N.C11H19NO2/c1-6-12(7-10(4)8-12)13-11(5)9(2)3;1-3-4-8(2)10(13)12-7-11(14)5-9(12)6-11/h9-10,13H,5-8H2,1-4H3;8-9,14H,3-7H2,1-2H3. The number of hydrogen-bond acceptors (Lipinski definition) is 3. The zero-order valence-corrected chi connectivity index (χ0v) is 18.5. The molecule has 1 unspecified atom stereocenters. The average molecular weight is 379 g/mol. The van der Waals surface area contributed by atoms with Gasteiger partial charge in [0.15, 0.2) is 0 Å². The molecule has 4 heteroatoms. The molecule has 2 aliphatic carbocycles. The van der Waals surface area contributed by atoms with E-state index in [1.807, 2.05) is 11.8 Å². The van der Waals surface area contributed by atoms with Gasteiger partial charge in [-0.05, 0) is 50.4 Å². The van der Waals surface area contributed by atoms with Gasteiger partial charge in [0.2, 0.25) is 5.91 Å². The van der Waals surface area contributed by atoms with Crippen LogP contribution in [-0.2, 0) is 4.79 Å². The lowest BCUT2D eigenvalue weighted by Crippen LogP contribution is -2.54. The highest BCUT2D eigenvalue weighted by Crippen LogP contribution is 2.45. The van der Waals surface area contributed by atoms with E-state index in [1.54, 1.807) is 0 Å². The molecule has 2 saturated carbocycles. The molecule has 2 aliphatic heterocycles. The Morgan fingerprint density at radius 3 is 2.19 bits per heavy atom. The lowest BCUT2D eigenvalue weighted by molar-refractivity contribution is -0.135. The lowest BCUT2D eigenvalue weighted by Gasteiger charge is -2.48. The van der Waals surface area contributed by atoms with Crippen LogP contribution >= 0.6 is 0 Å². The summed E-state index contributed by atoms with van der Waals surface area (Å²) in [6.45, 7) is 17.7. The van der Waals surface area contributed by atoms with Crippen molar-refractivity contribution in [1.29, 1.82) is 0 Å². The maximum Gasteiger partial charge on any atom is 0.225 e. The second-order valence-electron chi connectivity index (χ2n) is 9.89. The molecule has 2 bridgehead atoms. The highest BCUT2D eigenvalue weighted by Gasteiger charge is 2.55. The molecule has 0 radical (unpaired) electrons. The molecule has 0 spiro atoms. The molecule has 1 amide bonds. The third-order valence-corrected chi connectivity index (χ3v) is 6.84. The number of amides is 1. The average Bonchev–Trinajstić information content (AvgIpc) is 3.06. The fraction of sp³-hybridized carbons (Fsp3) is 0.870. The van der Waals surface area contributed by atoms with Crippen LogP contribution in [0.15, 0.2) is 12.3 Å². The van der Waals surface area contributed by atoms with Crippen LogP contribution in [0.5, 0.6) is 0 Å². The van der Waals surface area contributed by atoms with Crippen molar-refractivity contribution in [2.24, 2.45) is 17.8 Å². The highest BCUT2D eigenvalue weighted by atomic mass is 16.3. The first-order valence-corrected chi connectivity index (χ1v) is 11.0. The number of carbonyl (C=O) groups is 1. The Hall–Kier alpha value is -1.03. The van der Waals surface area contributed by atoms with E-state index in [0.29, 0.717) is 24.0 Å². The maximum absolute atomic E-state index is 11.9. The fourth-order valence-electron chi connectivity index (χ4n) is 4.95. The zero-order valence-electron chi connectivity index (χ0n) is 18.5. The first-order valence-electron chi connectivity index (χ1n) is 11.0. The summed E-state index contributed by atoms with van der Waals surface area (Å²) in [5, 5.41) is 13.4. The van der Waals surface area contributed by atoms with E-state index in [-0.39, 0.29) is 11.8 Å². The van der Waals surface area contributed by atoms with Gasteiger partial charge in [-0.2, -0.15) is 0 Å². The molecule has 4 rings (SSSR count). The molecule has 2 saturated heterocycles. The van der Waals surface area contributed by atoms with E-state index in [2.05, 4.69) is 46.5 Å². The molecular weight excluding hydrogens is 336 g/mol. The van der Waals surface area contributed by atoms with Gasteiger partial charge in [0.25, 0.3) is 0 Å². The molecule has 156 valence electrons. The van der Waals surface area contributed by atoms with E-state index >= 15 is 0 Å². The Morgan fingerprint density at radius 2 is 1.81 bits per heavy atom. The van der Waals surface area contributed by atoms with Crippen LogP contribution in [0.25, 0.3) is 0 Å². The maximum atomic E-state index is 11.9.